The molecule has 3 aliphatic rings. The summed E-state index contributed by atoms with van der Waals surface area (Å²) in [7, 11) is 0. The molecule has 2 saturated heterocycles. The van der Waals surface area contributed by atoms with E-state index in [2.05, 4.69) is 24.5 Å². The van der Waals surface area contributed by atoms with E-state index in [1.165, 1.54) is 0 Å². The molecule has 1 N–H and O–H groups in total. The van der Waals surface area contributed by atoms with Gasteiger partial charge in [-0.1, -0.05) is 67.4 Å². The van der Waals surface area contributed by atoms with Crippen molar-refractivity contribution in [2.24, 2.45) is 5.92 Å². The third-order valence-electron chi connectivity index (χ3n) is 6.75. The van der Waals surface area contributed by atoms with E-state index in [-0.39, 0.29) is 23.9 Å². The van der Waals surface area contributed by atoms with Crippen LogP contribution in [0.1, 0.15) is 42.4 Å². The lowest BCUT2D eigenvalue weighted by molar-refractivity contribution is -0.157. The van der Waals surface area contributed by atoms with Crippen molar-refractivity contribution in [2.75, 3.05) is 0 Å². The lowest BCUT2D eigenvalue weighted by Gasteiger charge is -2.48. The maximum Gasteiger partial charge on any atom is 0.337 e. The van der Waals surface area contributed by atoms with Crippen LogP contribution >= 0.6 is 0 Å². The first-order chi connectivity index (χ1) is 14.6. The molecule has 3 unspecified atom stereocenters. The zero-order chi connectivity index (χ0) is 20.7. The number of benzene rings is 2. The molecule has 3 amide bonds. The molecule has 1 saturated carbocycles. The first-order valence-electron chi connectivity index (χ1n) is 10.9. The van der Waals surface area contributed by atoms with Crippen molar-refractivity contribution in [1.82, 2.24) is 20.2 Å². The number of nitrogens with one attached hydrogen (secondary N) is 1. The van der Waals surface area contributed by atoms with Crippen LogP contribution in [0.2, 0.25) is 0 Å². The molecule has 156 valence electrons. The second-order valence-electron chi connectivity index (χ2n) is 8.62. The summed E-state index contributed by atoms with van der Waals surface area (Å²) in [6.45, 7) is 3.05. The number of carbonyl (C=O) groups excluding carboxylic acids is 2. The number of hydrogen-bond acceptors (Lipinski definition) is 3. The highest BCUT2D eigenvalue weighted by atomic mass is 16.2. The summed E-state index contributed by atoms with van der Waals surface area (Å²) in [5.41, 5.74) is 6.71. The Bertz CT molecular complexity index is 947. The minimum absolute atomic E-state index is 0.00913. The maximum absolute atomic E-state index is 13.5. The van der Waals surface area contributed by atoms with Crippen LogP contribution in [0.5, 0.6) is 0 Å². The molecule has 3 atom stereocenters. The quantitative estimate of drug-likeness (QED) is 0.847. The van der Waals surface area contributed by atoms with Crippen LogP contribution in [-0.2, 0) is 17.9 Å². The fraction of sp³-hybridized carbons (Fsp3) is 0.417. The zero-order valence-electron chi connectivity index (χ0n) is 17.3. The molecule has 1 aliphatic carbocycles. The zero-order valence-corrected chi connectivity index (χ0v) is 17.3. The predicted molar refractivity (Wildman–Crippen MR) is 114 cm³/mol. The van der Waals surface area contributed by atoms with Crippen LogP contribution in [0.25, 0.3) is 0 Å². The number of amides is 3. The number of fused-ring (bicyclic) bond motifs is 3. The van der Waals surface area contributed by atoms with Crippen LogP contribution in [-0.4, -0.2) is 39.1 Å². The molecule has 2 aliphatic heterocycles. The van der Waals surface area contributed by atoms with Crippen LogP contribution in [0.3, 0.4) is 0 Å². The van der Waals surface area contributed by atoms with Crippen LogP contribution in [0.4, 0.5) is 4.79 Å². The SMILES string of the molecule is Cc1ccccc1CN1NC2N(Cc3ccccc3)C(=O)C3CCCCC3N2C1=O. The Hall–Kier alpha value is -2.86. The summed E-state index contributed by atoms with van der Waals surface area (Å²) in [5, 5.41) is 1.69. The Morgan fingerprint density at radius 2 is 1.67 bits per heavy atom. The Morgan fingerprint density at radius 3 is 2.47 bits per heavy atom. The fourth-order valence-electron chi connectivity index (χ4n) is 5.13. The number of aryl methyl sites for hydroxylation is 1. The summed E-state index contributed by atoms with van der Waals surface area (Å²) >= 11 is 0. The van der Waals surface area contributed by atoms with Crippen LogP contribution in [0, 0.1) is 12.8 Å². The minimum atomic E-state index is -0.423. The summed E-state index contributed by atoms with van der Waals surface area (Å²) in [6.07, 6.45) is 3.47. The van der Waals surface area contributed by atoms with Crippen molar-refractivity contribution in [3.8, 4) is 0 Å². The van der Waals surface area contributed by atoms with Crippen LogP contribution in [0.15, 0.2) is 54.6 Å². The molecule has 0 bridgehead atoms. The number of urea groups is 1. The van der Waals surface area contributed by atoms with E-state index in [1.807, 2.05) is 52.3 Å². The molecular weight excluding hydrogens is 376 g/mol. The Balaban J connectivity index is 1.46. The predicted octanol–water partition coefficient (Wildman–Crippen LogP) is 3.62. The normalized spacial score (nSPS) is 26.0. The smallest absolute Gasteiger partial charge is 0.303 e. The molecule has 0 radical (unpaired) electrons. The van der Waals surface area contributed by atoms with Crippen molar-refractivity contribution in [3.63, 3.8) is 0 Å². The third-order valence-corrected chi connectivity index (χ3v) is 6.75. The molecular formula is C24H28N4O2. The van der Waals surface area contributed by atoms with E-state index in [9.17, 15) is 9.59 Å². The van der Waals surface area contributed by atoms with Gasteiger partial charge < -0.3 is 4.90 Å². The molecule has 0 spiro atoms. The molecule has 0 aromatic heterocycles. The molecule has 2 aromatic rings. The highest BCUT2D eigenvalue weighted by Crippen LogP contribution is 2.39. The number of rotatable bonds is 4. The molecule has 2 aromatic carbocycles. The van der Waals surface area contributed by atoms with Gasteiger partial charge in [0, 0.05) is 12.6 Å². The van der Waals surface area contributed by atoms with Crippen molar-refractivity contribution in [1.29, 1.82) is 0 Å². The van der Waals surface area contributed by atoms with E-state index in [0.717, 1.165) is 42.4 Å². The van der Waals surface area contributed by atoms with Gasteiger partial charge in [-0.25, -0.2) is 4.79 Å². The lowest BCUT2D eigenvalue weighted by Crippen LogP contribution is -2.65. The monoisotopic (exact) mass is 404 g/mol. The average molecular weight is 405 g/mol. The standard InChI is InChI=1S/C24H28N4O2/c1-17-9-5-6-12-19(17)16-27-24(30)28-21-14-8-7-13-20(21)22(29)26(23(28)25-27)15-18-10-3-2-4-11-18/h2-6,9-12,20-21,23,25H,7-8,13-16H2,1H3. The van der Waals surface area contributed by atoms with Gasteiger partial charge in [0.25, 0.3) is 0 Å². The van der Waals surface area contributed by atoms with Gasteiger partial charge in [-0.05, 0) is 36.5 Å². The van der Waals surface area contributed by atoms with Gasteiger partial charge in [0.05, 0.1) is 12.5 Å². The molecule has 6 nitrogen and oxygen atoms in total. The first-order valence-corrected chi connectivity index (χ1v) is 10.9. The molecule has 30 heavy (non-hydrogen) atoms. The molecule has 2 heterocycles. The fourth-order valence-corrected chi connectivity index (χ4v) is 5.13. The highest BCUT2D eigenvalue weighted by Gasteiger charge is 2.54. The van der Waals surface area contributed by atoms with E-state index >= 15 is 0 Å². The summed E-state index contributed by atoms with van der Waals surface area (Å²) < 4.78 is 0. The Labute approximate surface area is 177 Å². The van der Waals surface area contributed by atoms with Crippen molar-refractivity contribution < 1.29 is 9.59 Å². The van der Waals surface area contributed by atoms with Gasteiger partial charge in [-0.2, -0.15) is 5.43 Å². The molecule has 6 heteroatoms. The Morgan fingerprint density at radius 1 is 0.933 bits per heavy atom. The average Bonchev–Trinajstić information content (AvgIpc) is 3.09. The number of nitrogens with zero attached hydrogens (tertiary/aromatic N) is 3. The largest absolute Gasteiger partial charge is 0.337 e. The Kier molecular flexibility index (Phi) is 4.95. The number of hydrazine groups is 1. The van der Waals surface area contributed by atoms with E-state index in [0.29, 0.717) is 13.1 Å². The van der Waals surface area contributed by atoms with Gasteiger partial charge >= 0.3 is 6.03 Å². The summed E-state index contributed by atoms with van der Waals surface area (Å²) in [5.74, 6) is 0.0747. The van der Waals surface area contributed by atoms with E-state index in [1.54, 1.807) is 5.01 Å². The third kappa shape index (κ3) is 3.25. The van der Waals surface area contributed by atoms with Gasteiger partial charge in [-0.15, -0.1) is 0 Å². The van der Waals surface area contributed by atoms with Crippen LogP contribution < -0.4 is 5.43 Å². The van der Waals surface area contributed by atoms with Gasteiger partial charge in [0.2, 0.25) is 5.91 Å². The van der Waals surface area contributed by atoms with E-state index < -0.39 is 6.29 Å². The van der Waals surface area contributed by atoms with Gasteiger partial charge in [0.15, 0.2) is 6.29 Å². The topological polar surface area (TPSA) is 55.9 Å². The van der Waals surface area contributed by atoms with Crippen molar-refractivity contribution >= 4 is 11.9 Å². The number of hydrogen-bond donors (Lipinski definition) is 1. The summed E-state index contributed by atoms with van der Waals surface area (Å²) in [4.78, 5) is 30.7. The van der Waals surface area contributed by atoms with Gasteiger partial charge in [0.1, 0.15) is 0 Å². The summed E-state index contributed by atoms with van der Waals surface area (Å²) in [6, 6.07) is 18.1. The number of carbonyl (C=O) groups is 2. The second kappa shape index (κ2) is 7.76. The minimum Gasteiger partial charge on any atom is -0.303 e. The van der Waals surface area contributed by atoms with E-state index in [4.69, 9.17) is 0 Å². The second-order valence-corrected chi connectivity index (χ2v) is 8.62. The maximum atomic E-state index is 13.5. The molecule has 3 fully saturated rings. The van der Waals surface area contributed by atoms with Crippen molar-refractivity contribution in [2.45, 2.75) is 58.0 Å². The highest BCUT2D eigenvalue weighted by molar-refractivity contribution is 5.85. The molecule has 5 rings (SSSR count). The van der Waals surface area contributed by atoms with Gasteiger partial charge in [-0.3, -0.25) is 14.7 Å². The lowest BCUT2D eigenvalue weighted by atomic mass is 9.81. The first kappa shape index (κ1) is 19.1. The van der Waals surface area contributed by atoms with Crippen molar-refractivity contribution in [3.05, 3.63) is 71.3 Å².